The number of thiol groups is 1. The molecule has 126 valence electrons. The number of hydroxylamine groups is 1. The molecule has 0 aromatic carbocycles. The van der Waals surface area contributed by atoms with Crippen LogP contribution in [0.1, 0.15) is 65.2 Å². The van der Waals surface area contributed by atoms with Gasteiger partial charge in [0.1, 0.15) is 0 Å². The van der Waals surface area contributed by atoms with Crippen molar-refractivity contribution in [1.82, 2.24) is 5.48 Å². The van der Waals surface area contributed by atoms with Crippen LogP contribution >= 0.6 is 12.6 Å². The van der Waals surface area contributed by atoms with Crippen LogP contribution in [0.25, 0.3) is 0 Å². The lowest BCUT2D eigenvalue weighted by Gasteiger charge is -2.31. The predicted molar refractivity (Wildman–Crippen MR) is 96.0 cm³/mol. The molecule has 0 radical (unpaired) electrons. The molecule has 3 atom stereocenters. The fourth-order valence-electron chi connectivity index (χ4n) is 2.62. The first-order valence-corrected chi connectivity index (χ1v) is 11.8. The Balaban J connectivity index is 2.16. The zero-order chi connectivity index (χ0) is 15.6. The van der Waals surface area contributed by atoms with Crippen molar-refractivity contribution in [2.24, 2.45) is 5.92 Å². The van der Waals surface area contributed by atoms with Crippen molar-refractivity contribution in [1.29, 1.82) is 0 Å². The third-order valence-electron chi connectivity index (χ3n) is 4.31. The lowest BCUT2D eigenvalue weighted by molar-refractivity contribution is 0.0728. The van der Waals surface area contributed by atoms with Gasteiger partial charge in [-0.25, -0.2) is 5.48 Å². The van der Waals surface area contributed by atoms with E-state index < -0.39 is 8.56 Å². The Morgan fingerprint density at radius 2 is 2.00 bits per heavy atom. The van der Waals surface area contributed by atoms with Gasteiger partial charge in [-0.3, -0.25) is 0 Å². The van der Waals surface area contributed by atoms with E-state index in [1.54, 1.807) is 0 Å². The molecule has 0 saturated carbocycles. The topological polar surface area (TPSA) is 30.5 Å². The number of unbranched alkanes of at least 4 members (excludes halogenated alkanes) is 4. The monoisotopic (exact) mass is 333 g/mol. The first-order valence-electron chi connectivity index (χ1n) is 8.78. The van der Waals surface area contributed by atoms with Gasteiger partial charge in [-0.1, -0.05) is 46.0 Å². The van der Waals surface area contributed by atoms with Crippen LogP contribution in [0.15, 0.2) is 0 Å². The molecule has 1 aliphatic heterocycles. The van der Waals surface area contributed by atoms with Crippen molar-refractivity contribution in [2.45, 2.75) is 83.1 Å². The van der Waals surface area contributed by atoms with Gasteiger partial charge in [-0.05, 0) is 37.8 Å². The van der Waals surface area contributed by atoms with Gasteiger partial charge in [0.25, 0.3) is 0 Å². The lowest BCUT2D eigenvalue weighted by atomic mass is 10.1. The molecule has 0 spiro atoms. The molecule has 1 heterocycles. The SMILES string of the molecule is CCCCCCCC(S)CC[Si]1(C)OCCC(C)CNO1. The van der Waals surface area contributed by atoms with E-state index in [1.807, 2.05) is 0 Å². The first-order chi connectivity index (χ1) is 10.1. The van der Waals surface area contributed by atoms with Crippen LogP contribution in [0.3, 0.4) is 0 Å². The summed E-state index contributed by atoms with van der Waals surface area (Å²) in [6.07, 6.45) is 10.2. The molecule has 0 aliphatic carbocycles. The van der Waals surface area contributed by atoms with Crippen LogP contribution in [-0.2, 0) is 8.95 Å². The zero-order valence-corrected chi connectivity index (χ0v) is 16.1. The molecule has 1 N–H and O–H groups in total. The van der Waals surface area contributed by atoms with Gasteiger partial charge in [-0.15, -0.1) is 0 Å². The number of rotatable bonds is 9. The normalized spacial score (nSPS) is 28.9. The summed E-state index contributed by atoms with van der Waals surface area (Å²) < 4.78 is 12.0. The summed E-state index contributed by atoms with van der Waals surface area (Å²) in [5.74, 6) is 0.629. The molecule has 1 saturated heterocycles. The average molecular weight is 334 g/mol. The summed E-state index contributed by atoms with van der Waals surface area (Å²) in [6, 6.07) is 1.04. The van der Waals surface area contributed by atoms with Gasteiger partial charge in [-0.2, -0.15) is 12.6 Å². The summed E-state index contributed by atoms with van der Waals surface area (Å²) in [5, 5.41) is 0.493. The third kappa shape index (κ3) is 9.24. The van der Waals surface area contributed by atoms with Crippen molar-refractivity contribution in [3.63, 3.8) is 0 Å². The molecule has 1 fully saturated rings. The first kappa shape index (κ1) is 19.5. The molecular weight excluding hydrogens is 298 g/mol. The fourth-order valence-corrected chi connectivity index (χ4v) is 5.30. The summed E-state index contributed by atoms with van der Waals surface area (Å²) in [6.45, 7) is 8.45. The number of nitrogens with one attached hydrogen (secondary N) is 1. The second-order valence-electron chi connectivity index (χ2n) is 6.72. The Labute approximate surface area is 138 Å². The highest BCUT2D eigenvalue weighted by Crippen LogP contribution is 2.23. The molecule has 5 heteroatoms. The second-order valence-corrected chi connectivity index (χ2v) is 10.7. The molecule has 3 unspecified atom stereocenters. The Kier molecular flexibility index (Phi) is 10.3. The Morgan fingerprint density at radius 1 is 1.24 bits per heavy atom. The minimum absolute atomic E-state index is 0.493. The maximum Gasteiger partial charge on any atom is 0.355 e. The van der Waals surface area contributed by atoms with Gasteiger partial charge >= 0.3 is 8.56 Å². The Morgan fingerprint density at radius 3 is 2.76 bits per heavy atom. The van der Waals surface area contributed by atoms with E-state index in [4.69, 9.17) is 21.6 Å². The van der Waals surface area contributed by atoms with Gasteiger partial charge in [0.2, 0.25) is 0 Å². The van der Waals surface area contributed by atoms with Crippen LogP contribution in [0, 0.1) is 5.92 Å². The van der Waals surface area contributed by atoms with Crippen LogP contribution in [0.5, 0.6) is 0 Å². The standard InChI is InChI=1S/C16H35NO2SSi/c1-4-5-6-7-8-9-16(20)11-13-21(3)18-12-10-15(2)14-17-19-21/h15-17,20H,4-14H2,1-3H3. The summed E-state index contributed by atoms with van der Waals surface area (Å²) in [4.78, 5) is 0. The van der Waals surface area contributed by atoms with Gasteiger partial charge < -0.3 is 8.95 Å². The van der Waals surface area contributed by atoms with E-state index in [1.165, 1.54) is 38.5 Å². The molecule has 1 aliphatic rings. The number of hydrogen-bond donors (Lipinski definition) is 2. The average Bonchev–Trinajstić information content (AvgIpc) is 2.43. The third-order valence-corrected chi connectivity index (χ3v) is 7.41. The van der Waals surface area contributed by atoms with Crippen LogP contribution in [0.2, 0.25) is 12.6 Å². The van der Waals surface area contributed by atoms with Crippen molar-refractivity contribution in [2.75, 3.05) is 13.2 Å². The van der Waals surface area contributed by atoms with Gasteiger partial charge in [0, 0.05) is 18.4 Å². The lowest BCUT2D eigenvalue weighted by Crippen LogP contribution is -2.47. The summed E-state index contributed by atoms with van der Waals surface area (Å²) in [7, 11) is -2.03. The predicted octanol–water partition coefficient (Wildman–Crippen LogP) is 4.69. The number of hydrogen-bond acceptors (Lipinski definition) is 4. The van der Waals surface area contributed by atoms with E-state index in [-0.39, 0.29) is 0 Å². The second kappa shape index (κ2) is 11.1. The molecule has 0 aromatic heterocycles. The van der Waals surface area contributed by atoms with Crippen LogP contribution < -0.4 is 5.48 Å². The minimum atomic E-state index is -2.03. The van der Waals surface area contributed by atoms with Crippen LogP contribution in [0.4, 0.5) is 0 Å². The molecule has 0 aromatic rings. The van der Waals surface area contributed by atoms with Crippen molar-refractivity contribution in [3.8, 4) is 0 Å². The van der Waals surface area contributed by atoms with E-state index in [9.17, 15) is 0 Å². The Hall–Kier alpha value is 0.447. The molecule has 0 amide bonds. The van der Waals surface area contributed by atoms with Crippen LogP contribution in [-0.4, -0.2) is 27.0 Å². The zero-order valence-electron chi connectivity index (χ0n) is 14.2. The highest BCUT2D eigenvalue weighted by Gasteiger charge is 2.34. The molecule has 0 bridgehead atoms. The Bertz CT molecular complexity index is 259. The highest BCUT2D eigenvalue weighted by molar-refractivity contribution is 7.80. The van der Waals surface area contributed by atoms with Gasteiger partial charge in [0.05, 0.1) is 0 Å². The molecule has 3 nitrogen and oxygen atoms in total. The minimum Gasteiger partial charge on any atom is -0.394 e. The molecular formula is C16H35NO2SSi. The maximum absolute atomic E-state index is 6.07. The van der Waals surface area contributed by atoms with Crippen molar-refractivity contribution >= 4 is 21.2 Å². The van der Waals surface area contributed by atoms with E-state index >= 15 is 0 Å². The maximum atomic E-state index is 6.07. The smallest absolute Gasteiger partial charge is 0.355 e. The largest absolute Gasteiger partial charge is 0.394 e. The fraction of sp³-hybridized carbons (Fsp3) is 1.00. The summed E-state index contributed by atoms with van der Waals surface area (Å²) in [5.41, 5.74) is 3.13. The van der Waals surface area contributed by atoms with Crippen molar-refractivity contribution in [3.05, 3.63) is 0 Å². The van der Waals surface area contributed by atoms with E-state index in [0.717, 1.165) is 32.0 Å². The van der Waals surface area contributed by atoms with E-state index in [0.29, 0.717) is 11.2 Å². The van der Waals surface area contributed by atoms with E-state index in [2.05, 4.69) is 25.9 Å². The quantitative estimate of drug-likeness (QED) is 0.365. The molecule has 1 rings (SSSR count). The summed E-state index contributed by atoms with van der Waals surface area (Å²) >= 11 is 4.75. The van der Waals surface area contributed by atoms with Gasteiger partial charge in [0.15, 0.2) is 0 Å². The molecule has 21 heavy (non-hydrogen) atoms. The van der Waals surface area contributed by atoms with Crippen molar-refractivity contribution < 1.29 is 8.95 Å². The highest BCUT2D eigenvalue weighted by atomic mass is 32.1.